The first-order valence-corrected chi connectivity index (χ1v) is 9.52. The van der Waals surface area contributed by atoms with Crippen LogP contribution in [0.5, 0.6) is 0 Å². The third-order valence-electron chi connectivity index (χ3n) is 3.43. The zero-order chi connectivity index (χ0) is 18.4. The molecule has 3 rings (SSSR count). The van der Waals surface area contributed by atoms with Gasteiger partial charge in [0.05, 0.1) is 12.8 Å². The van der Waals surface area contributed by atoms with Crippen LogP contribution in [0.2, 0.25) is 0 Å². The van der Waals surface area contributed by atoms with E-state index < -0.39 is 7.37 Å². The summed E-state index contributed by atoms with van der Waals surface area (Å²) in [5.41, 5.74) is 3.18. The number of hydrogen-bond acceptors (Lipinski definition) is 8. The van der Waals surface area contributed by atoms with Crippen molar-refractivity contribution in [1.29, 1.82) is 0 Å². The second-order valence-corrected chi connectivity index (χ2v) is 7.27. The number of nitrogens with zero attached hydrogens (tertiary/aromatic N) is 7. The van der Waals surface area contributed by atoms with E-state index in [1.54, 1.807) is 6.92 Å². The van der Waals surface area contributed by atoms with Crippen LogP contribution >= 0.6 is 7.37 Å². The summed E-state index contributed by atoms with van der Waals surface area (Å²) < 4.78 is 19.1. The molecule has 0 N–H and O–H groups in total. The van der Waals surface area contributed by atoms with Gasteiger partial charge in [0.25, 0.3) is 0 Å². The van der Waals surface area contributed by atoms with Crippen molar-refractivity contribution < 1.29 is 9.09 Å². The van der Waals surface area contributed by atoms with Gasteiger partial charge < -0.3 is 4.52 Å². The third kappa shape index (κ3) is 3.99. The molecule has 0 bridgehead atoms. The standard InChI is InChI=1S/C16H16N7O2P/c1-3-25-26(24,4-2)15-12-23(22-19-15)11-10-14-17-20-16(21-18-14)13-8-6-5-7-9-13/h2,5-9,12H,3,10-11H2,1H3. The first-order valence-electron chi connectivity index (χ1n) is 7.89. The molecule has 3 aromatic rings. The number of rotatable bonds is 7. The Morgan fingerprint density at radius 3 is 2.54 bits per heavy atom. The average molecular weight is 369 g/mol. The number of hydrogen-bond donors (Lipinski definition) is 0. The molecule has 0 saturated heterocycles. The molecule has 0 spiro atoms. The lowest BCUT2D eigenvalue weighted by molar-refractivity contribution is 0.348. The van der Waals surface area contributed by atoms with Gasteiger partial charge in [0, 0.05) is 18.5 Å². The topological polar surface area (TPSA) is 109 Å². The Morgan fingerprint density at radius 1 is 1.15 bits per heavy atom. The first kappa shape index (κ1) is 17.9. The Kier molecular flexibility index (Phi) is 5.46. The Labute approximate surface area is 150 Å². The molecule has 0 aliphatic rings. The molecule has 0 aliphatic heterocycles. The van der Waals surface area contributed by atoms with Crippen LogP contribution in [0.3, 0.4) is 0 Å². The highest BCUT2D eigenvalue weighted by atomic mass is 31.2. The fourth-order valence-corrected chi connectivity index (χ4v) is 3.30. The molecule has 10 heteroatoms. The summed E-state index contributed by atoms with van der Waals surface area (Å²) in [6.45, 7) is 2.36. The monoisotopic (exact) mass is 369 g/mol. The molecule has 9 nitrogen and oxygen atoms in total. The number of aryl methyl sites for hydroxylation is 2. The summed E-state index contributed by atoms with van der Waals surface area (Å²) in [5, 5.41) is 24.1. The molecule has 0 amide bonds. The second kappa shape index (κ2) is 7.95. The van der Waals surface area contributed by atoms with E-state index in [0.717, 1.165) is 5.56 Å². The minimum atomic E-state index is -3.39. The highest BCUT2D eigenvalue weighted by Gasteiger charge is 2.26. The van der Waals surface area contributed by atoms with Crippen molar-refractivity contribution in [3.05, 3.63) is 42.4 Å². The second-order valence-electron chi connectivity index (χ2n) is 5.19. The van der Waals surface area contributed by atoms with Gasteiger partial charge in [0.1, 0.15) is 0 Å². The minimum Gasteiger partial charge on any atom is -0.316 e. The normalized spacial score (nSPS) is 13.1. The number of aromatic nitrogens is 7. The van der Waals surface area contributed by atoms with Crippen molar-refractivity contribution in [3.8, 4) is 23.5 Å². The van der Waals surface area contributed by atoms with Gasteiger partial charge >= 0.3 is 7.37 Å². The van der Waals surface area contributed by atoms with Gasteiger partial charge in [-0.3, -0.25) is 9.25 Å². The van der Waals surface area contributed by atoms with E-state index in [2.05, 4.69) is 36.4 Å². The van der Waals surface area contributed by atoms with E-state index in [-0.39, 0.29) is 12.0 Å². The lowest BCUT2D eigenvalue weighted by atomic mass is 10.2. The van der Waals surface area contributed by atoms with E-state index >= 15 is 0 Å². The Bertz CT molecular complexity index is 951. The lowest BCUT2D eigenvalue weighted by Gasteiger charge is -2.06. The largest absolute Gasteiger partial charge is 0.324 e. The molecule has 0 saturated carbocycles. The van der Waals surface area contributed by atoms with Crippen LogP contribution in [0.1, 0.15) is 12.7 Å². The maximum absolute atomic E-state index is 12.4. The van der Waals surface area contributed by atoms with Gasteiger partial charge in [-0.25, -0.2) is 0 Å². The summed E-state index contributed by atoms with van der Waals surface area (Å²) in [6, 6.07) is 9.47. The molecule has 1 atom stereocenters. The van der Waals surface area contributed by atoms with Crippen molar-refractivity contribution in [2.45, 2.75) is 19.9 Å². The highest BCUT2D eigenvalue weighted by Crippen LogP contribution is 2.42. The van der Waals surface area contributed by atoms with Gasteiger partial charge in [0.15, 0.2) is 11.3 Å². The Balaban J connectivity index is 1.65. The van der Waals surface area contributed by atoms with Gasteiger partial charge in [-0.1, -0.05) is 35.5 Å². The highest BCUT2D eigenvalue weighted by molar-refractivity contribution is 7.71. The smallest absolute Gasteiger partial charge is 0.316 e. The fraction of sp³-hybridized carbons (Fsp3) is 0.250. The zero-order valence-electron chi connectivity index (χ0n) is 14.1. The molecule has 0 radical (unpaired) electrons. The fourth-order valence-electron chi connectivity index (χ4n) is 2.15. The van der Waals surface area contributed by atoms with Crippen LogP contribution in [-0.2, 0) is 22.1 Å². The molecule has 26 heavy (non-hydrogen) atoms. The van der Waals surface area contributed by atoms with Crippen LogP contribution in [0.25, 0.3) is 11.4 Å². The molecule has 1 aromatic carbocycles. The molecule has 1 unspecified atom stereocenters. The Morgan fingerprint density at radius 2 is 1.88 bits per heavy atom. The quantitative estimate of drug-likeness (QED) is 0.453. The van der Waals surface area contributed by atoms with Crippen LogP contribution in [-0.4, -0.2) is 42.0 Å². The van der Waals surface area contributed by atoms with Crippen molar-refractivity contribution in [3.63, 3.8) is 0 Å². The van der Waals surface area contributed by atoms with Gasteiger partial charge in [-0.05, 0) is 12.6 Å². The first-order chi connectivity index (χ1) is 12.6. The average Bonchev–Trinajstić information content (AvgIpc) is 3.17. The molecule has 0 fully saturated rings. The number of benzene rings is 1. The van der Waals surface area contributed by atoms with E-state index in [0.29, 0.717) is 24.6 Å². The van der Waals surface area contributed by atoms with Gasteiger partial charge in [-0.15, -0.1) is 31.9 Å². The molecule has 0 aliphatic carbocycles. The van der Waals surface area contributed by atoms with Crippen molar-refractivity contribution in [2.24, 2.45) is 0 Å². The van der Waals surface area contributed by atoms with Crippen molar-refractivity contribution in [2.75, 3.05) is 6.61 Å². The maximum Gasteiger partial charge on any atom is 0.324 e. The number of terminal acetylenes is 1. The molecular formula is C16H16N7O2P. The van der Waals surface area contributed by atoms with Crippen molar-refractivity contribution >= 4 is 12.8 Å². The minimum absolute atomic E-state index is 0.151. The molecule has 2 heterocycles. The maximum atomic E-state index is 12.4. The summed E-state index contributed by atoms with van der Waals surface area (Å²) in [7, 11) is -3.39. The van der Waals surface area contributed by atoms with E-state index in [1.807, 2.05) is 30.3 Å². The van der Waals surface area contributed by atoms with Gasteiger partial charge in [0.2, 0.25) is 5.82 Å². The molecule has 132 valence electrons. The summed E-state index contributed by atoms with van der Waals surface area (Å²) in [6.07, 6.45) is 7.26. The predicted octanol–water partition coefficient (Wildman–Crippen LogP) is 1.30. The van der Waals surface area contributed by atoms with E-state index in [9.17, 15) is 4.57 Å². The van der Waals surface area contributed by atoms with Crippen LogP contribution in [0.4, 0.5) is 0 Å². The van der Waals surface area contributed by atoms with E-state index in [4.69, 9.17) is 10.9 Å². The summed E-state index contributed by atoms with van der Waals surface area (Å²) in [4.78, 5) is 0. The van der Waals surface area contributed by atoms with Crippen LogP contribution in [0, 0.1) is 12.1 Å². The van der Waals surface area contributed by atoms with Crippen molar-refractivity contribution in [1.82, 2.24) is 35.4 Å². The summed E-state index contributed by atoms with van der Waals surface area (Å²) in [5.74, 6) is 0.927. The summed E-state index contributed by atoms with van der Waals surface area (Å²) >= 11 is 0. The predicted molar refractivity (Wildman–Crippen MR) is 94.5 cm³/mol. The van der Waals surface area contributed by atoms with Crippen LogP contribution in [0.15, 0.2) is 36.5 Å². The molecular weight excluding hydrogens is 353 g/mol. The Hall–Kier alpha value is -2.95. The zero-order valence-corrected chi connectivity index (χ0v) is 15.0. The SMILES string of the molecule is C#CP(=O)(OCC)c1cn(CCc2nnc(-c3ccccc3)nn2)nn1. The third-order valence-corrected chi connectivity index (χ3v) is 5.20. The lowest BCUT2D eigenvalue weighted by Crippen LogP contribution is -2.09. The van der Waals surface area contributed by atoms with E-state index in [1.165, 1.54) is 10.9 Å². The van der Waals surface area contributed by atoms with Crippen LogP contribution < -0.4 is 5.44 Å². The van der Waals surface area contributed by atoms with Gasteiger partial charge in [-0.2, -0.15) is 0 Å². The molecule has 2 aromatic heterocycles.